The van der Waals surface area contributed by atoms with Crippen LogP contribution in [0.5, 0.6) is 0 Å². The first kappa shape index (κ1) is 12.8. The summed E-state index contributed by atoms with van der Waals surface area (Å²) in [6.45, 7) is 3.97. The smallest absolute Gasteiger partial charge is 0.336 e. The third-order valence-corrected chi connectivity index (χ3v) is 3.61. The van der Waals surface area contributed by atoms with Gasteiger partial charge in [-0.1, -0.05) is 0 Å². The van der Waals surface area contributed by atoms with Gasteiger partial charge in [0.25, 0.3) is 0 Å². The lowest BCUT2D eigenvalue weighted by molar-refractivity contribution is 0.0692. The van der Waals surface area contributed by atoms with Crippen molar-refractivity contribution in [3.63, 3.8) is 0 Å². The highest BCUT2D eigenvalue weighted by molar-refractivity contribution is 7.10. The lowest BCUT2D eigenvalue weighted by Crippen LogP contribution is -2.04. The lowest BCUT2D eigenvalue weighted by atomic mass is 10.1. The average Bonchev–Trinajstić information content (AvgIpc) is 2.97. The minimum Gasteiger partial charge on any atom is -0.478 e. The quantitative estimate of drug-likeness (QED) is 0.890. The molecule has 2 heterocycles. The molecule has 96 valence electrons. The van der Waals surface area contributed by atoms with E-state index in [1.54, 1.807) is 22.5 Å². The largest absolute Gasteiger partial charge is 0.478 e. The first-order valence-electron chi connectivity index (χ1n) is 5.53. The van der Waals surface area contributed by atoms with E-state index in [1.807, 2.05) is 13.8 Å². The van der Waals surface area contributed by atoms with Gasteiger partial charge in [-0.2, -0.15) is 5.10 Å². The fourth-order valence-electron chi connectivity index (χ4n) is 1.64. The van der Waals surface area contributed by atoms with E-state index in [1.165, 1.54) is 17.4 Å². The van der Waals surface area contributed by atoms with E-state index in [-0.39, 0.29) is 11.6 Å². The molecule has 0 radical (unpaired) electrons. The highest BCUT2D eigenvalue weighted by atomic mass is 32.1. The van der Waals surface area contributed by atoms with Crippen LogP contribution in [0.3, 0.4) is 0 Å². The highest BCUT2D eigenvalue weighted by Gasteiger charge is 2.21. The number of thiophene rings is 1. The van der Waals surface area contributed by atoms with Crippen LogP contribution in [0.2, 0.25) is 0 Å². The molecule has 0 aromatic carbocycles. The molecule has 0 amide bonds. The van der Waals surface area contributed by atoms with Gasteiger partial charge in [-0.25, -0.2) is 4.79 Å². The molecule has 0 aliphatic rings. The molecule has 1 unspecified atom stereocenters. The van der Waals surface area contributed by atoms with Gasteiger partial charge in [0, 0.05) is 17.8 Å². The average molecular weight is 266 g/mol. The van der Waals surface area contributed by atoms with E-state index in [4.69, 9.17) is 5.11 Å². The van der Waals surface area contributed by atoms with Crippen LogP contribution in [0, 0.1) is 0 Å². The Morgan fingerprint density at radius 3 is 2.78 bits per heavy atom. The maximum atomic E-state index is 11.0. The van der Waals surface area contributed by atoms with Gasteiger partial charge < -0.3 is 10.2 Å². The number of aromatic nitrogens is 2. The molecule has 0 saturated heterocycles. The molecule has 1 atom stereocenters. The van der Waals surface area contributed by atoms with Crippen molar-refractivity contribution in [3.05, 3.63) is 39.8 Å². The molecule has 2 rings (SSSR count). The van der Waals surface area contributed by atoms with Crippen LogP contribution in [0.15, 0.2) is 23.8 Å². The van der Waals surface area contributed by atoms with Crippen molar-refractivity contribution in [3.8, 4) is 0 Å². The van der Waals surface area contributed by atoms with Crippen molar-refractivity contribution < 1.29 is 15.0 Å². The Morgan fingerprint density at radius 1 is 1.50 bits per heavy atom. The second kappa shape index (κ2) is 4.91. The SMILES string of the molecule is CC(C)n1cc(C(O)c2sccc2C(=O)O)cn1. The van der Waals surface area contributed by atoms with Crippen LogP contribution in [0.25, 0.3) is 0 Å². The minimum atomic E-state index is -1.03. The molecular weight excluding hydrogens is 252 g/mol. The summed E-state index contributed by atoms with van der Waals surface area (Å²) in [5.41, 5.74) is 0.749. The highest BCUT2D eigenvalue weighted by Crippen LogP contribution is 2.29. The zero-order valence-electron chi connectivity index (χ0n) is 10.1. The lowest BCUT2D eigenvalue weighted by Gasteiger charge is -2.08. The van der Waals surface area contributed by atoms with Crippen molar-refractivity contribution in [2.24, 2.45) is 0 Å². The Balaban J connectivity index is 2.32. The summed E-state index contributed by atoms with van der Waals surface area (Å²) in [4.78, 5) is 11.4. The molecule has 2 aromatic rings. The minimum absolute atomic E-state index is 0.143. The van der Waals surface area contributed by atoms with Crippen LogP contribution >= 0.6 is 11.3 Å². The molecule has 5 nitrogen and oxygen atoms in total. The molecule has 0 fully saturated rings. The molecule has 6 heteroatoms. The van der Waals surface area contributed by atoms with E-state index in [9.17, 15) is 9.90 Å². The Kier molecular flexibility index (Phi) is 3.49. The third kappa shape index (κ3) is 2.30. The van der Waals surface area contributed by atoms with Gasteiger partial charge in [0.1, 0.15) is 6.10 Å². The predicted molar refractivity (Wildman–Crippen MR) is 68.0 cm³/mol. The summed E-state index contributed by atoms with van der Waals surface area (Å²) >= 11 is 1.23. The molecule has 0 spiro atoms. The van der Waals surface area contributed by atoms with Crippen LogP contribution in [0.4, 0.5) is 0 Å². The number of nitrogens with zero attached hydrogens (tertiary/aromatic N) is 2. The molecule has 2 aromatic heterocycles. The van der Waals surface area contributed by atoms with E-state index in [0.717, 1.165) is 0 Å². The van der Waals surface area contributed by atoms with Crippen molar-refractivity contribution in [1.29, 1.82) is 0 Å². The van der Waals surface area contributed by atoms with Gasteiger partial charge in [0.2, 0.25) is 0 Å². The molecule has 0 aliphatic heterocycles. The van der Waals surface area contributed by atoms with E-state index in [0.29, 0.717) is 10.4 Å². The van der Waals surface area contributed by atoms with Crippen molar-refractivity contribution in [2.45, 2.75) is 26.0 Å². The Morgan fingerprint density at radius 2 is 2.22 bits per heavy atom. The number of carbonyl (C=O) groups is 1. The Hall–Kier alpha value is -1.66. The molecule has 0 saturated carbocycles. The fraction of sp³-hybridized carbons (Fsp3) is 0.333. The molecule has 0 bridgehead atoms. The van der Waals surface area contributed by atoms with Gasteiger partial charge in [-0.15, -0.1) is 11.3 Å². The summed E-state index contributed by atoms with van der Waals surface area (Å²) < 4.78 is 1.73. The van der Waals surface area contributed by atoms with Gasteiger partial charge in [0.05, 0.1) is 16.6 Å². The van der Waals surface area contributed by atoms with Gasteiger partial charge >= 0.3 is 5.97 Å². The third-order valence-electron chi connectivity index (χ3n) is 2.64. The second-order valence-corrected chi connectivity index (χ2v) is 5.20. The first-order chi connectivity index (χ1) is 8.50. The zero-order chi connectivity index (χ0) is 13.3. The number of aliphatic hydroxyl groups excluding tert-OH is 1. The summed E-state index contributed by atoms with van der Waals surface area (Å²) in [6.07, 6.45) is 2.36. The fourth-order valence-corrected chi connectivity index (χ4v) is 2.54. The first-order valence-corrected chi connectivity index (χ1v) is 6.41. The van der Waals surface area contributed by atoms with Crippen molar-refractivity contribution >= 4 is 17.3 Å². The number of hydrogen-bond donors (Lipinski definition) is 2. The Labute approximate surface area is 108 Å². The standard InChI is InChI=1S/C12H14N2O3S/c1-7(2)14-6-8(5-13-14)10(15)11-9(12(16)17)3-4-18-11/h3-7,10,15H,1-2H3,(H,16,17). The number of hydrogen-bond acceptors (Lipinski definition) is 4. The zero-order valence-corrected chi connectivity index (χ0v) is 10.9. The molecule has 2 N–H and O–H groups in total. The van der Waals surface area contributed by atoms with E-state index in [2.05, 4.69) is 5.10 Å². The van der Waals surface area contributed by atoms with Crippen LogP contribution < -0.4 is 0 Å². The topological polar surface area (TPSA) is 75.4 Å². The predicted octanol–water partition coefficient (Wildman–Crippen LogP) is 2.31. The summed E-state index contributed by atoms with van der Waals surface area (Å²) in [5.74, 6) is -1.03. The van der Waals surface area contributed by atoms with Gasteiger partial charge in [0.15, 0.2) is 0 Å². The van der Waals surface area contributed by atoms with Gasteiger partial charge in [-0.3, -0.25) is 4.68 Å². The summed E-state index contributed by atoms with van der Waals surface area (Å²) in [7, 11) is 0. The normalized spacial score (nSPS) is 12.9. The van der Waals surface area contributed by atoms with E-state index >= 15 is 0 Å². The van der Waals surface area contributed by atoms with Crippen molar-refractivity contribution in [1.82, 2.24) is 9.78 Å². The monoisotopic (exact) mass is 266 g/mol. The van der Waals surface area contributed by atoms with Crippen LogP contribution in [-0.2, 0) is 0 Å². The van der Waals surface area contributed by atoms with E-state index < -0.39 is 12.1 Å². The Bertz CT molecular complexity index is 559. The van der Waals surface area contributed by atoms with Crippen LogP contribution in [-0.4, -0.2) is 26.0 Å². The molecule has 18 heavy (non-hydrogen) atoms. The number of carboxylic acid groups (broad SMARTS) is 1. The van der Waals surface area contributed by atoms with Crippen LogP contribution in [0.1, 0.15) is 46.8 Å². The number of carboxylic acids is 1. The maximum absolute atomic E-state index is 11.0. The molecular formula is C12H14N2O3S. The number of aliphatic hydroxyl groups is 1. The number of rotatable bonds is 4. The summed E-state index contributed by atoms with van der Waals surface area (Å²) in [6, 6.07) is 1.70. The molecule has 0 aliphatic carbocycles. The second-order valence-electron chi connectivity index (χ2n) is 4.25. The van der Waals surface area contributed by atoms with Crippen molar-refractivity contribution in [2.75, 3.05) is 0 Å². The maximum Gasteiger partial charge on any atom is 0.336 e. The van der Waals surface area contributed by atoms with Gasteiger partial charge in [-0.05, 0) is 25.3 Å². The summed E-state index contributed by atoms with van der Waals surface area (Å²) in [5, 5.41) is 25.0. The number of aromatic carboxylic acids is 1.